The van der Waals surface area contributed by atoms with Crippen molar-refractivity contribution < 1.29 is 0 Å². The average molecular weight is 181 g/mol. The number of aryl methyl sites for hydroxylation is 1. The van der Waals surface area contributed by atoms with Crippen LogP contribution in [0.1, 0.15) is 27.2 Å². The summed E-state index contributed by atoms with van der Waals surface area (Å²) >= 11 is 0. The summed E-state index contributed by atoms with van der Waals surface area (Å²) in [5, 5.41) is 7.63. The maximum Gasteiger partial charge on any atom is 0.148 e. The average Bonchev–Trinajstić information content (AvgIpc) is 2.33. The lowest BCUT2D eigenvalue weighted by Gasteiger charge is -2.14. The summed E-state index contributed by atoms with van der Waals surface area (Å²) in [6.07, 6.45) is 3.13. The molecule has 1 rings (SSSR count). The Morgan fingerprint density at radius 2 is 2.15 bits per heavy atom. The summed E-state index contributed by atoms with van der Waals surface area (Å²) < 4.78 is 1.81. The Hall–Kier alpha value is -0.990. The lowest BCUT2D eigenvalue weighted by Crippen LogP contribution is -2.17. The van der Waals surface area contributed by atoms with Crippen LogP contribution in [0, 0.1) is 5.92 Å². The van der Waals surface area contributed by atoms with Crippen molar-refractivity contribution >= 4 is 5.82 Å². The molecule has 0 bridgehead atoms. The van der Waals surface area contributed by atoms with Crippen molar-refractivity contribution in [1.29, 1.82) is 0 Å². The fourth-order valence-electron chi connectivity index (χ4n) is 1.51. The van der Waals surface area contributed by atoms with Crippen LogP contribution in [-0.2, 0) is 7.05 Å². The van der Waals surface area contributed by atoms with E-state index < -0.39 is 0 Å². The van der Waals surface area contributed by atoms with Crippen LogP contribution in [0.3, 0.4) is 0 Å². The SMILES string of the molecule is CC(C)C[C@@H](C)Nc1ccn(C)n1. The van der Waals surface area contributed by atoms with Crippen LogP contribution < -0.4 is 5.32 Å². The molecule has 0 aliphatic carbocycles. The molecule has 3 nitrogen and oxygen atoms in total. The van der Waals surface area contributed by atoms with E-state index >= 15 is 0 Å². The van der Waals surface area contributed by atoms with E-state index in [1.165, 1.54) is 6.42 Å². The zero-order valence-corrected chi connectivity index (χ0v) is 8.91. The molecule has 0 spiro atoms. The largest absolute Gasteiger partial charge is 0.366 e. The summed E-state index contributed by atoms with van der Waals surface area (Å²) in [5.74, 6) is 1.70. The van der Waals surface area contributed by atoms with Gasteiger partial charge in [0.25, 0.3) is 0 Å². The van der Waals surface area contributed by atoms with Crippen LogP contribution in [0.25, 0.3) is 0 Å². The molecular formula is C10H19N3. The highest BCUT2D eigenvalue weighted by Gasteiger charge is 2.05. The number of aromatic nitrogens is 2. The van der Waals surface area contributed by atoms with Gasteiger partial charge >= 0.3 is 0 Å². The van der Waals surface area contributed by atoms with Gasteiger partial charge < -0.3 is 5.32 Å². The molecule has 0 unspecified atom stereocenters. The van der Waals surface area contributed by atoms with Crippen LogP contribution in [0.2, 0.25) is 0 Å². The molecule has 1 aromatic rings. The molecule has 0 amide bonds. The smallest absolute Gasteiger partial charge is 0.148 e. The second kappa shape index (κ2) is 4.30. The Bertz CT molecular complexity index is 252. The molecule has 0 aliphatic rings. The number of nitrogens with zero attached hydrogens (tertiary/aromatic N) is 2. The van der Waals surface area contributed by atoms with Gasteiger partial charge in [-0.15, -0.1) is 0 Å². The zero-order valence-electron chi connectivity index (χ0n) is 8.91. The predicted octanol–water partition coefficient (Wildman–Crippen LogP) is 2.27. The predicted molar refractivity (Wildman–Crippen MR) is 55.7 cm³/mol. The van der Waals surface area contributed by atoms with Gasteiger partial charge in [0, 0.05) is 25.4 Å². The van der Waals surface area contributed by atoms with Gasteiger partial charge in [-0.3, -0.25) is 4.68 Å². The first kappa shape index (κ1) is 10.1. The molecule has 0 radical (unpaired) electrons. The van der Waals surface area contributed by atoms with Crippen LogP contribution in [0.15, 0.2) is 12.3 Å². The topological polar surface area (TPSA) is 29.9 Å². The summed E-state index contributed by atoms with van der Waals surface area (Å²) in [6.45, 7) is 6.65. The molecule has 1 N–H and O–H groups in total. The minimum atomic E-state index is 0.495. The summed E-state index contributed by atoms with van der Waals surface area (Å²) in [7, 11) is 1.93. The van der Waals surface area contributed by atoms with Crippen molar-refractivity contribution in [2.24, 2.45) is 13.0 Å². The number of hydrogen-bond donors (Lipinski definition) is 1. The van der Waals surface area contributed by atoms with E-state index in [0.29, 0.717) is 6.04 Å². The fraction of sp³-hybridized carbons (Fsp3) is 0.700. The second-order valence-corrected chi connectivity index (χ2v) is 4.05. The molecule has 74 valence electrons. The zero-order chi connectivity index (χ0) is 9.84. The van der Waals surface area contributed by atoms with Crippen molar-refractivity contribution in [3.8, 4) is 0 Å². The highest BCUT2D eigenvalue weighted by atomic mass is 15.3. The molecule has 0 saturated carbocycles. The van der Waals surface area contributed by atoms with Gasteiger partial charge in [-0.05, 0) is 19.3 Å². The Labute approximate surface area is 80.1 Å². The molecule has 0 saturated heterocycles. The van der Waals surface area contributed by atoms with Gasteiger partial charge in [-0.2, -0.15) is 5.10 Å². The molecule has 1 aromatic heterocycles. The Balaban J connectivity index is 2.40. The second-order valence-electron chi connectivity index (χ2n) is 4.05. The third-order valence-corrected chi connectivity index (χ3v) is 1.93. The standard InChI is InChI=1S/C10H19N3/c1-8(2)7-9(3)11-10-5-6-13(4)12-10/h5-6,8-9H,7H2,1-4H3,(H,11,12)/t9-/m1/s1. The quantitative estimate of drug-likeness (QED) is 0.772. The van der Waals surface area contributed by atoms with Crippen LogP contribution in [0.4, 0.5) is 5.82 Å². The van der Waals surface area contributed by atoms with Crippen molar-refractivity contribution in [3.05, 3.63) is 12.3 Å². The number of rotatable bonds is 4. The van der Waals surface area contributed by atoms with Gasteiger partial charge in [0.1, 0.15) is 5.82 Å². The van der Waals surface area contributed by atoms with Gasteiger partial charge in [0.15, 0.2) is 0 Å². The maximum absolute atomic E-state index is 4.26. The fourth-order valence-corrected chi connectivity index (χ4v) is 1.51. The summed E-state index contributed by atoms with van der Waals surface area (Å²) in [5.41, 5.74) is 0. The highest BCUT2D eigenvalue weighted by Crippen LogP contribution is 2.09. The van der Waals surface area contributed by atoms with Crippen molar-refractivity contribution in [2.75, 3.05) is 5.32 Å². The first-order valence-electron chi connectivity index (χ1n) is 4.84. The first-order valence-corrected chi connectivity index (χ1v) is 4.84. The lowest BCUT2D eigenvalue weighted by molar-refractivity contribution is 0.538. The van der Waals surface area contributed by atoms with Crippen LogP contribution in [-0.4, -0.2) is 15.8 Å². The first-order chi connectivity index (χ1) is 6.08. The third kappa shape index (κ3) is 3.49. The van der Waals surface area contributed by atoms with Crippen molar-refractivity contribution in [3.63, 3.8) is 0 Å². The minimum absolute atomic E-state index is 0.495. The van der Waals surface area contributed by atoms with Crippen molar-refractivity contribution in [1.82, 2.24) is 9.78 Å². The van der Waals surface area contributed by atoms with E-state index in [0.717, 1.165) is 11.7 Å². The van der Waals surface area contributed by atoms with Gasteiger partial charge in [0.05, 0.1) is 0 Å². The number of nitrogens with one attached hydrogen (secondary N) is 1. The maximum atomic E-state index is 4.26. The normalized spacial score (nSPS) is 13.3. The summed E-state index contributed by atoms with van der Waals surface area (Å²) in [4.78, 5) is 0. The van der Waals surface area contributed by atoms with Crippen molar-refractivity contribution in [2.45, 2.75) is 33.2 Å². The molecular weight excluding hydrogens is 162 g/mol. The molecule has 1 atom stereocenters. The molecule has 1 heterocycles. The van der Waals surface area contributed by atoms with Gasteiger partial charge in [-0.25, -0.2) is 0 Å². The van der Waals surface area contributed by atoms with E-state index in [9.17, 15) is 0 Å². The third-order valence-electron chi connectivity index (χ3n) is 1.93. The van der Waals surface area contributed by atoms with E-state index in [2.05, 4.69) is 31.2 Å². The Morgan fingerprint density at radius 3 is 2.62 bits per heavy atom. The van der Waals surface area contributed by atoms with Gasteiger partial charge in [0.2, 0.25) is 0 Å². The van der Waals surface area contributed by atoms with Crippen LogP contribution in [0.5, 0.6) is 0 Å². The van der Waals surface area contributed by atoms with E-state index in [4.69, 9.17) is 0 Å². The minimum Gasteiger partial charge on any atom is -0.366 e. The van der Waals surface area contributed by atoms with Gasteiger partial charge in [-0.1, -0.05) is 13.8 Å². The monoisotopic (exact) mass is 181 g/mol. The van der Waals surface area contributed by atoms with Crippen LogP contribution >= 0.6 is 0 Å². The van der Waals surface area contributed by atoms with E-state index in [1.807, 2.05) is 24.0 Å². The van der Waals surface area contributed by atoms with E-state index in [1.54, 1.807) is 0 Å². The Morgan fingerprint density at radius 1 is 1.46 bits per heavy atom. The van der Waals surface area contributed by atoms with E-state index in [-0.39, 0.29) is 0 Å². The molecule has 3 heteroatoms. The summed E-state index contributed by atoms with van der Waals surface area (Å²) in [6, 6.07) is 2.49. The number of hydrogen-bond acceptors (Lipinski definition) is 2. The number of anilines is 1. The highest BCUT2D eigenvalue weighted by molar-refractivity contribution is 5.33. The molecule has 13 heavy (non-hydrogen) atoms. The molecule has 0 aliphatic heterocycles. The lowest BCUT2D eigenvalue weighted by atomic mass is 10.1. The Kier molecular flexibility index (Phi) is 3.34. The molecule has 0 aromatic carbocycles. The molecule has 0 fully saturated rings.